The van der Waals surface area contributed by atoms with Crippen molar-refractivity contribution in [2.24, 2.45) is 0 Å². The quantitative estimate of drug-likeness (QED) is 0.0951. The Hall–Kier alpha value is -19.2. The van der Waals surface area contributed by atoms with Gasteiger partial charge >= 0.3 is 0 Å². The molecule has 1 aliphatic rings. The Balaban J connectivity index is 0.000000109. The molecular formula is C134H85N9O3S. The predicted octanol–water partition coefficient (Wildman–Crippen LogP) is 35.6. The van der Waals surface area contributed by atoms with Gasteiger partial charge in [-0.1, -0.05) is 323 Å². The van der Waals surface area contributed by atoms with Gasteiger partial charge in [-0.2, -0.15) is 0 Å². The Kier molecular flexibility index (Phi) is 21.5. The zero-order chi connectivity index (χ0) is 97.6. The third kappa shape index (κ3) is 16.2. The van der Waals surface area contributed by atoms with Gasteiger partial charge in [0.05, 0.1) is 34.2 Å². The molecule has 0 N–H and O–H groups in total. The first-order chi connectivity index (χ1) is 72.5. The highest BCUT2D eigenvalue weighted by Crippen LogP contribution is 2.51. The molecule has 0 saturated heterocycles. The first-order valence-electron chi connectivity index (χ1n) is 49.2. The van der Waals surface area contributed by atoms with Gasteiger partial charge in [0.25, 0.3) is 0 Å². The van der Waals surface area contributed by atoms with Crippen molar-refractivity contribution in [3.63, 3.8) is 0 Å². The van der Waals surface area contributed by atoms with Gasteiger partial charge in [0.1, 0.15) is 33.5 Å². The van der Waals surface area contributed by atoms with Crippen LogP contribution in [0.3, 0.4) is 0 Å². The van der Waals surface area contributed by atoms with E-state index in [2.05, 4.69) is 381 Å². The highest BCUT2D eigenvalue weighted by atomic mass is 32.1. The number of aromatic nitrogens is 9. The molecule has 0 spiro atoms. The highest BCUT2D eigenvalue weighted by Gasteiger charge is 2.36. The van der Waals surface area contributed by atoms with Gasteiger partial charge in [0, 0.05) is 145 Å². The first-order valence-corrected chi connectivity index (χ1v) is 50.1. The van der Waals surface area contributed by atoms with Crippen LogP contribution < -0.4 is 0 Å². The standard InChI is InChI=1S/C47H29N3O.C45H27N3OS.C42H29N3O/c1-2-10-37-34(8-1)26-41(39-12-4-3-11-38(37)39)31-17-19-32(20-18-31)43-28-44(35-23-24-46-42(27-35)40-13-5-6-14-45(40)51-46)50-47(49-43)33-21-15-30(16-22-33)36-9-7-25-48-29-36;1-3-9-41-35(7-1)38-24-33(20-22-42(38)49-41)40-26-39(47-45(48-40)31-17-13-29(14-18-31)34-6-5-23-46-27-34)30-15-11-28(12-16-30)32-19-21-37-36-8-2-4-10-43(36)50-44(37)25-32;1-42(2)35-11-5-3-9-31(35)32-19-17-29(23-36(32)42)38-24-37(28-18-20-40-34(22-28)33-10-4-6-12-39(33)46-40)44-41(45-38)27-15-13-26(14-16-27)30-8-7-21-43-25-30/h1-29H;1-27H;3-25H,1-2H3. The number of para-hydroxylation sites is 3. The lowest BCUT2D eigenvalue weighted by Crippen LogP contribution is -2.14. The number of furan rings is 3. The van der Waals surface area contributed by atoms with Gasteiger partial charge in [0.2, 0.25) is 0 Å². The molecule has 0 radical (unpaired) electrons. The molecule has 690 valence electrons. The summed E-state index contributed by atoms with van der Waals surface area (Å²) < 4.78 is 21.0. The summed E-state index contributed by atoms with van der Waals surface area (Å²) in [6, 6.07) is 155. The maximum absolute atomic E-state index is 6.14. The summed E-state index contributed by atoms with van der Waals surface area (Å²) >= 11 is 1.84. The Labute approximate surface area is 849 Å². The van der Waals surface area contributed by atoms with Crippen molar-refractivity contribution in [3.8, 4) is 168 Å². The molecule has 10 aromatic heterocycles. The molecule has 10 heterocycles. The molecule has 0 fully saturated rings. The zero-order valence-electron chi connectivity index (χ0n) is 79.8. The van der Waals surface area contributed by atoms with E-state index in [1.807, 2.05) is 121 Å². The zero-order valence-corrected chi connectivity index (χ0v) is 80.6. The summed E-state index contributed by atoms with van der Waals surface area (Å²) in [5.74, 6) is 2.03. The van der Waals surface area contributed by atoms with Gasteiger partial charge < -0.3 is 13.3 Å². The van der Waals surface area contributed by atoms with E-state index in [0.29, 0.717) is 17.5 Å². The fourth-order valence-corrected chi connectivity index (χ4v) is 22.2. The van der Waals surface area contributed by atoms with Gasteiger partial charge in [0.15, 0.2) is 17.5 Å². The number of hydrogen-bond acceptors (Lipinski definition) is 13. The average Bonchev–Trinajstić information content (AvgIpc) is 1.59. The Morgan fingerprint density at radius 2 is 0.510 bits per heavy atom. The monoisotopic (exact) mass is 1900 g/mol. The molecule has 28 aromatic rings. The molecule has 0 saturated carbocycles. The lowest BCUT2D eigenvalue weighted by Gasteiger charge is -2.22. The fraction of sp³-hybridized carbons (Fsp3) is 0.0224. The lowest BCUT2D eigenvalue weighted by molar-refractivity contribution is 0.660. The van der Waals surface area contributed by atoms with E-state index in [1.54, 1.807) is 18.6 Å². The molecule has 0 unspecified atom stereocenters. The maximum Gasteiger partial charge on any atom is 0.160 e. The highest BCUT2D eigenvalue weighted by molar-refractivity contribution is 7.25. The summed E-state index contributed by atoms with van der Waals surface area (Å²) in [6.45, 7) is 4.62. The van der Waals surface area contributed by atoms with E-state index in [-0.39, 0.29) is 5.41 Å². The summed E-state index contributed by atoms with van der Waals surface area (Å²) in [7, 11) is 0. The van der Waals surface area contributed by atoms with Crippen molar-refractivity contribution in [1.82, 2.24) is 44.9 Å². The van der Waals surface area contributed by atoms with Crippen molar-refractivity contribution in [2.75, 3.05) is 0 Å². The number of nitrogens with zero attached hydrogens (tertiary/aromatic N) is 9. The van der Waals surface area contributed by atoms with Crippen molar-refractivity contribution in [1.29, 1.82) is 0 Å². The molecule has 0 bridgehead atoms. The molecule has 18 aromatic carbocycles. The molecule has 0 amide bonds. The molecule has 0 aliphatic heterocycles. The number of benzene rings is 18. The maximum atomic E-state index is 6.14. The van der Waals surface area contributed by atoms with E-state index in [1.165, 1.54) is 86.2 Å². The van der Waals surface area contributed by atoms with E-state index in [0.717, 1.165) is 183 Å². The van der Waals surface area contributed by atoms with Gasteiger partial charge in [-0.05, 0) is 233 Å². The van der Waals surface area contributed by atoms with Crippen LogP contribution in [0.5, 0.6) is 0 Å². The minimum absolute atomic E-state index is 0.101. The number of pyridine rings is 3. The second kappa shape index (κ2) is 36.4. The van der Waals surface area contributed by atoms with E-state index < -0.39 is 0 Å². The van der Waals surface area contributed by atoms with Crippen LogP contribution in [0.15, 0.2) is 493 Å². The molecule has 1 aliphatic carbocycles. The van der Waals surface area contributed by atoms with Gasteiger partial charge in [-0.3, -0.25) is 15.0 Å². The minimum atomic E-state index is -0.101. The topological polar surface area (TPSA) is 155 Å². The van der Waals surface area contributed by atoms with Crippen LogP contribution in [-0.2, 0) is 5.41 Å². The number of fused-ring (bicyclic) bond motifs is 18. The van der Waals surface area contributed by atoms with Crippen LogP contribution >= 0.6 is 11.3 Å². The smallest absolute Gasteiger partial charge is 0.160 e. The summed E-state index contributed by atoms with van der Waals surface area (Å²) in [5, 5.41) is 14.1. The Bertz CT molecular complexity index is 10000. The van der Waals surface area contributed by atoms with Crippen molar-refractivity contribution < 1.29 is 13.3 Å². The van der Waals surface area contributed by atoms with Crippen molar-refractivity contribution in [2.45, 2.75) is 19.3 Å². The Morgan fingerprint density at radius 3 is 0.966 bits per heavy atom. The first kappa shape index (κ1) is 86.9. The van der Waals surface area contributed by atoms with Gasteiger partial charge in [-0.25, -0.2) is 29.9 Å². The molecule has 0 atom stereocenters. The normalized spacial score (nSPS) is 12.1. The van der Waals surface area contributed by atoms with Crippen molar-refractivity contribution >= 4 is 119 Å². The average molecular weight is 1900 g/mol. The van der Waals surface area contributed by atoms with Crippen LogP contribution in [0.2, 0.25) is 0 Å². The second-order valence-corrected chi connectivity index (χ2v) is 38.9. The van der Waals surface area contributed by atoms with Gasteiger partial charge in [-0.15, -0.1) is 11.3 Å². The molecule has 12 nitrogen and oxygen atoms in total. The van der Waals surface area contributed by atoms with E-state index in [9.17, 15) is 0 Å². The molecule has 13 heteroatoms. The number of rotatable bonds is 14. The molecule has 147 heavy (non-hydrogen) atoms. The molecular weight excluding hydrogens is 1820 g/mol. The van der Waals surface area contributed by atoms with E-state index in [4.69, 9.17) is 43.2 Å². The van der Waals surface area contributed by atoms with Crippen molar-refractivity contribution in [3.05, 3.63) is 491 Å². The van der Waals surface area contributed by atoms with E-state index >= 15 is 0 Å². The van der Waals surface area contributed by atoms with Crippen LogP contribution in [0.25, 0.3) is 276 Å². The largest absolute Gasteiger partial charge is 0.456 e. The summed E-state index contributed by atoms with van der Waals surface area (Å²) in [6.07, 6.45) is 11.0. The second-order valence-electron chi connectivity index (χ2n) is 37.9. The van der Waals surface area contributed by atoms with Crippen LogP contribution in [-0.4, -0.2) is 44.9 Å². The van der Waals surface area contributed by atoms with Crippen LogP contribution in [0, 0.1) is 0 Å². The predicted molar refractivity (Wildman–Crippen MR) is 603 cm³/mol. The molecule has 29 rings (SSSR count). The fourth-order valence-electron chi connectivity index (χ4n) is 21.0. The third-order valence-corrected chi connectivity index (χ3v) is 29.8. The lowest BCUT2D eigenvalue weighted by atomic mass is 9.82. The van der Waals surface area contributed by atoms with Crippen LogP contribution in [0.4, 0.5) is 0 Å². The number of thiophene rings is 1. The third-order valence-electron chi connectivity index (χ3n) is 28.6. The summed E-state index contributed by atoms with van der Waals surface area (Å²) in [5.41, 5.74) is 35.9. The SMILES string of the molecule is CC1(C)c2ccccc2-c2ccc(-c3cc(-c4ccc5oc6ccccc6c5c4)nc(-c4ccc(-c5cccnc5)cc4)n3)cc21.c1cncc(-c2ccc(-c3nc(-c4ccc(-c5cc6ccccc6c6ccccc56)cc4)cc(-c4ccc5oc6ccccc6c5c4)n3)cc2)c1.c1cncc(-c2ccc(-c3nc(-c4ccc(-c5ccc6c(c5)sc5ccccc56)cc4)cc(-c4ccc5oc6ccccc6c5c4)n3)cc2)c1. The number of hydrogen-bond donors (Lipinski definition) is 0. The van der Waals surface area contributed by atoms with Crippen LogP contribution in [0.1, 0.15) is 25.0 Å². The Morgan fingerprint density at radius 1 is 0.184 bits per heavy atom. The summed E-state index contributed by atoms with van der Waals surface area (Å²) in [4.78, 5) is 43.8. The minimum Gasteiger partial charge on any atom is -0.456 e.